The normalized spacial score (nSPS) is 12.6. The Bertz CT molecular complexity index is 1970. The highest BCUT2D eigenvalue weighted by molar-refractivity contribution is 6.76. The molecule has 268 valence electrons. The van der Waals surface area contributed by atoms with Gasteiger partial charge in [0, 0.05) is 33.5 Å². The Kier molecular flexibility index (Phi) is 12.0. The average Bonchev–Trinajstić information content (AvgIpc) is 3.54. The molecule has 5 rings (SSSR count). The van der Waals surface area contributed by atoms with Gasteiger partial charge in [-0.15, -0.1) is 5.10 Å². The zero-order chi connectivity index (χ0) is 36.0. The molecule has 2 aromatic carbocycles. The van der Waals surface area contributed by atoms with Gasteiger partial charge in [-0.1, -0.05) is 61.6 Å². The molecule has 0 fully saturated rings. The predicted octanol–water partition coefficient (Wildman–Crippen LogP) is 7.56. The molecule has 0 N–H and O–H groups in total. The number of aryl methyl sites for hydroxylation is 1. The molecule has 1 unspecified atom stereocenters. The monoisotopic (exact) mass is 732 g/mol. The van der Waals surface area contributed by atoms with Gasteiger partial charge in [0.2, 0.25) is 5.88 Å². The van der Waals surface area contributed by atoms with Gasteiger partial charge in [0.15, 0.2) is 22.8 Å². The molecule has 0 amide bonds. The zero-order valence-electron chi connectivity index (χ0n) is 28.5. The van der Waals surface area contributed by atoms with Crippen LogP contribution in [-0.4, -0.2) is 63.0 Å². The largest absolute Gasteiger partial charge is 0.481 e. The van der Waals surface area contributed by atoms with Crippen LogP contribution in [0.3, 0.4) is 0 Å². The number of aromatic nitrogens is 6. The summed E-state index contributed by atoms with van der Waals surface area (Å²) in [7, 11) is -1.30. The maximum Gasteiger partial charge on any atom is 0.350 e. The van der Waals surface area contributed by atoms with Gasteiger partial charge < -0.3 is 18.9 Å². The van der Waals surface area contributed by atoms with Gasteiger partial charge in [-0.2, -0.15) is 9.78 Å². The van der Waals surface area contributed by atoms with Gasteiger partial charge >= 0.3 is 5.69 Å². The molecule has 11 nitrogen and oxygen atoms in total. The number of hydrogen-bond donors (Lipinski definition) is 0. The summed E-state index contributed by atoms with van der Waals surface area (Å²) in [6.45, 7) is 10.1. The van der Waals surface area contributed by atoms with E-state index >= 15 is 0 Å². The van der Waals surface area contributed by atoms with E-state index in [0.29, 0.717) is 36.7 Å². The minimum atomic E-state index is -3.15. The second-order valence-electron chi connectivity index (χ2n) is 12.8. The summed E-state index contributed by atoms with van der Waals surface area (Å²) in [4.78, 5) is 17.9. The van der Waals surface area contributed by atoms with Crippen LogP contribution in [0.1, 0.15) is 24.0 Å². The molecule has 1 atom stereocenters. The molecule has 0 saturated carbocycles. The van der Waals surface area contributed by atoms with Gasteiger partial charge in [0.1, 0.15) is 31.5 Å². The Morgan fingerprint density at radius 3 is 2.46 bits per heavy atom. The maximum atomic E-state index is 13.8. The maximum absolute atomic E-state index is 13.8. The van der Waals surface area contributed by atoms with Crippen LogP contribution in [0, 0.1) is 6.92 Å². The second-order valence-corrected chi connectivity index (χ2v) is 18.8. The van der Waals surface area contributed by atoms with Crippen LogP contribution in [0.15, 0.2) is 59.5 Å². The molecule has 0 saturated heterocycles. The summed E-state index contributed by atoms with van der Waals surface area (Å²) in [5, 5.41) is 9.62. The number of nitrogens with zero attached hydrogens (tertiary/aromatic N) is 6. The second kappa shape index (κ2) is 16.2. The summed E-state index contributed by atoms with van der Waals surface area (Å²) in [5.74, 6) is 0.279. The molecule has 3 aromatic heterocycles. The highest BCUT2D eigenvalue weighted by Gasteiger charge is 2.27. The summed E-state index contributed by atoms with van der Waals surface area (Å²) >= 11 is 6.65. The molecule has 3 heterocycles. The fraction of sp³-hybridized carbons (Fsp3) is 0.412. The predicted molar refractivity (Wildman–Crippen MR) is 186 cm³/mol. The highest BCUT2D eigenvalue weighted by Crippen LogP contribution is 2.40. The number of fused-ring (bicyclic) bond motifs is 1. The molecular formula is C34H40ClF3N6O5Si. The number of ether oxygens (including phenoxy) is 4. The van der Waals surface area contributed by atoms with E-state index in [1.54, 1.807) is 26.0 Å². The molecule has 0 bridgehead atoms. The minimum absolute atomic E-state index is 0.0380. The van der Waals surface area contributed by atoms with Crippen LogP contribution in [0.2, 0.25) is 30.8 Å². The van der Waals surface area contributed by atoms with Crippen molar-refractivity contribution >= 4 is 30.4 Å². The third-order valence-corrected chi connectivity index (χ3v) is 9.82. The van der Waals surface area contributed by atoms with Crippen molar-refractivity contribution in [3.05, 3.63) is 87.4 Å². The quantitative estimate of drug-likeness (QED) is 0.0712. The van der Waals surface area contributed by atoms with E-state index in [1.165, 1.54) is 21.5 Å². The van der Waals surface area contributed by atoms with E-state index in [1.807, 2.05) is 30.3 Å². The van der Waals surface area contributed by atoms with Crippen molar-refractivity contribution in [1.29, 1.82) is 0 Å². The lowest BCUT2D eigenvalue weighted by Gasteiger charge is -2.19. The van der Waals surface area contributed by atoms with Crippen LogP contribution >= 0.6 is 11.6 Å². The van der Waals surface area contributed by atoms with Gasteiger partial charge in [-0.3, -0.25) is 4.57 Å². The number of benzene rings is 2. The van der Waals surface area contributed by atoms with Crippen molar-refractivity contribution in [2.24, 2.45) is 0 Å². The molecule has 0 aliphatic carbocycles. The molecule has 0 aliphatic heterocycles. The molecule has 0 aliphatic rings. The average molecular weight is 733 g/mol. The van der Waals surface area contributed by atoms with E-state index in [4.69, 9.17) is 30.5 Å². The molecule has 0 spiro atoms. The van der Waals surface area contributed by atoms with Crippen molar-refractivity contribution < 1.29 is 32.1 Å². The number of hydrogen-bond acceptors (Lipinski definition) is 8. The van der Waals surface area contributed by atoms with E-state index in [2.05, 4.69) is 34.8 Å². The van der Waals surface area contributed by atoms with Gasteiger partial charge in [-0.05, 0) is 43.0 Å². The van der Waals surface area contributed by atoms with E-state index in [9.17, 15) is 18.0 Å². The zero-order valence-corrected chi connectivity index (χ0v) is 30.3. The lowest BCUT2D eigenvalue weighted by Crippen LogP contribution is -2.28. The summed E-state index contributed by atoms with van der Waals surface area (Å²) < 4.78 is 68.8. The summed E-state index contributed by atoms with van der Waals surface area (Å²) in [5.41, 5.74) is 1.08. The van der Waals surface area contributed by atoms with E-state index in [0.717, 1.165) is 16.3 Å². The van der Waals surface area contributed by atoms with Gasteiger partial charge in [0.25, 0.3) is 6.43 Å². The first-order valence-electron chi connectivity index (χ1n) is 16.1. The Balaban J connectivity index is 1.50. The fourth-order valence-corrected chi connectivity index (χ4v) is 6.09. The van der Waals surface area contributed by atoms with Crippen LogP contribution in [-0.2, 0) is 36.0 Å². The van der Waals surface area contributed by atoms with Crippen LogP contribution in [0.4, 0.5) is 13.2 Å². The number of alkyl halides is 3. The smallest absolute Gasteiger partial charge is 0.350 e. The minimum Gasteiger partial charge on any atom is -0.481 e. The van der Waals surface area contributed by atoms with Crippen LogP contribution in [0.25, 0.3) is 16.5 Å². The first-order chi connectivity index (χ1) is 23.9. The fourth-order valence-electron chi connectivity index (χ4n) is 5.07. The highest BCUT2D eigenvalue weighted by atomic mass is 35.5. The van der Waals surface area contributed by atoms with Crippen molar-refractivity contribution in [1.82, 2.24) is 29.1 Å². The van der Waals surface area contributed by atoms with Crippen molar-refractivity contribution in [2.45, 2.75) is 78.6 Å². The van der Waals surface area contributed by atoms with Crippen molar-refractivity contribution in [2.75, 3.05) is 13.3 Å². The molecular weight excluding hydrogens is 693 g/mol. The Hall–Kier alpha value is -4.18. The first kappa shape index (κ1) is 37.1. The lowest BCUT2D eigenvalue weighted by molar-refractivity contribution is -0.000431. The van der Waals surface area contributed by atoms with Crippen LogP contribution < -0.4 is 15.2 Å². The third-order valence-electron chi connectivity index (χ3n) is 7.75. The van der Waals surface area contributed by atoms with Gasteiger partial charge in [-0.25, -0.2) is 27.6 Å². The lowest BCUT2D eigenvalue weighted by atomic mass is 10.1. The molecule has 50 heavy (non-hydrogen) atoms. The molecule has 0 radical (unpaired) electrons. The number of halogens is 4. The third kappa shape index (κ3) is 8.75. The van der Waals surface area contributed by atoms with Crippen molar-refractivity contribution in [3.63, 3.8) is 0 Å². The Labute approximate surface area is 293 Å². The number of rotatable bonds is 17. The van der Waals surface area contributed by atoms with Gasteiger partial charge in [0.05, 0.1) is 17.7 Å². The standard InChI is InChI=1S/C34H40ClF3N6O5Si/c1-6-42-28(20-47-19-23-10-8-7-9-11-23)41-44(34(42)45)25-16-24-12-13-39-33(29(24)26(17-25)48-27(18-36)32(37)38)49-30-22(2)40-43(31(30)35)21-46-14-15-50(3,4)5/h7-13,16-17,27,32H,6,14-15,18-21H2,1-5H3. The van der Waals surface area contributed by atoms with E-state index in [-0.39, 0.29) is 46.9 Å². The Morgan fingerprint density at radius 1 is 1.02 bits per heavy atom. The van der Waals surface area contributed by atoms with Crippen LogP contribution in [0.5, 0.6) is 17.4 Å². The molecule has 16 heteroatoms. The summed E-state index contributed by atoms with van der Waals surface area (Å²) in [6, 6.07) is 15.0. The molecule has 5 aromatic rings. The first-order valence-corrected chi connectivity index (χ1v) is 20.2. The van der Waals surface area contributed by atoms with E-state index < -0.39 is 33.0 Å². The Morgan fingerprint density at radius 2 is 1.78 bits per heavy atom. The summed E-state index contributed by atoms with van der Waals surface area (Å²) in [6.07, 6.45) is -3.81. The van der Waals surface area contributed by atoms with Crippen molar-refractivity contribution in [3.8, 4) is 23.1 Å². The SMILES string of the molecule is CCn1c(COCc2ccccc2)nn(-c2cc(OC(CF)C(F)F)c3c(Oc4c(C)nn(COCC[Si](C)(C)C)c4Cl)nccc3c2)c1=O. The topological polar surface area (TPSA) is 107 Å². The number of pyridine rings is 1.